The SMILES string of the molecule is Cc1nnc2c(N)nc(Br)cn12. The molecule has 0 aliphatic heterocycles. The van der Waals surface area contributed by atoms with Gasteiger partial charge in [-0.1, -0.05) is 0 Å². The molecule has 0 saturated carbocycles. The van der Waals surface area contributed by atoms with Gasteiger partial charge in [0.05, 0.1) is 0 Å². The van der Waals surface area contributed by atoms with Crippen molar-refractivity contribution in [1.82, 2.24) is 19.6 Å². The molecule has 62 valence electrons. The molecule has 0 unspecified atom stereocenters. The van der Waals surface area contributed by atoms with Crippen LogP contribution in [0.2, 0.25) is 0 Å². The molecule has 2 N–H and O–H groups in total. The zero-order chi connectivity index (χ0) is 8.72. The molecule has 2 heterocycles. The predicted molar refractivity (Wildman–Crippen MR) is 47.6 cm³/mol. The number of hydrogen-bond acceptors (Lipinski definition) is 4. The van der Waals surface area contributed by atoms with Gasteiger partial charge < -0.3 is 5.73 Å². The minimum absolute atomic E-state index is 0.380. The highest BCUT2D eigenvalue weighted by Gasteiger charge is 2.05. The van der Waals surface area contributed by atoms with Gasteiger partial charge in [0.15, 0.2) is 5.82 Å². The highest BCUT2D eigenvalue weighted by Crippen LogP contribution is 2.14. The maximum Gasteiger partial charge on any atom is 0.203 e. The highest BCUT2D eigenvalue weighted by atomic mass is 79.9. The topological polar surface area (TPSA) is 69.1 Å². The Kier molecular flexibility index (Phi) is 1.50. The molecule has 0 aromatic carbocycles. The summed E-state index contributed by atoms with van der Waals surface area (Å²) in [5, 5.41) is 7.73. The molecular formula is C6H6BrN5. The van der Waals surface area contributed by atoms with Crippen molar-refractivity contribution < 1.29 is 0 Å². The number of halogens is 1. The minimum Gasteiger partial charge on any atom is -0.381 e. The van der Waals surface area contributed by atoms with Crippen molar-refractivity contribution >= 4 is 27.4 Å². The molecule has 6 heteroatoms. The summed E-state index contributed by atoms with van der Waals surface area (Å²) in [6.45, 7) is 1.85. The molecule has 12 heavy (non-hydrogen) atoms. The van der Waals surface area contributed by atoms with Crippen LogP contribution < -0.4 is 5.73 Å². The van der Waals surface area contributed by atoms with Crippen molar-refractivity contribution in [3.8, 4) is 0 Å². The van der Waals surface area contributed by atoms with Crippen molar-refractivity contribution in [2.24, 2.45) is 0 Å². The molecule has 0 atom stereocenters. The molecule has 0 spiro atoms. The number of anilines is 1. The van der Waals surface area contributed by atoms with Gasteiger partial charge in [-0.2, -0.15) is 0 Å². The van der Waals surface area contributed by atoms with Gasteiger partial charge in [-0.25, -0.2) is 4.98 Å². The molecule has 5 nitrogen and oxygen atoms in total. The molecule has 0 aliphatic carbocycles. The van der Waals surface area contributed by atoms with Gasteiger partial charge in [0.1, 0.15) is 10.4 Å². The van der Waals surface area contributed by atoms with E-state index in [-0.39, 0.29) is 0 Å². The number of nitrogens with zero attached hydrogens (tertiary/aromatic N) is 4. The predicted octanol–water partition coefficient (Wildman–Crippen LogP) is 0.777. The molecule has 2 aromatic rings. The van der Waals surface area contributed by atoms with E-state index in [0.29, 0.717) is 16.1 Å². The summed E-state index contributed by atoms with van der Waals surface area (Å²) in [6.07, 6.45) is 1.78. The molecular weight excluding hydrogens is 222 g/mol. The third-order valence-electron chi connectivity index (χ3n) is 1.56. The van der Waals surface area contributed by atoms with Crippen LogP contribution in [0.25, 0.3) is 5.65 Å². The van der Waals surface area contributed by atoms with E-state index in [1.54, 1.807) is 10.6 Å². The summed E-state index contributed by atoms with van der Waals surface area (Å²) in [5.74, 6) is 1.17. The van der Waals surface area contributed by atoms with Crippen LogP contribution in [0.5, 0.6) is 0 Å². The van der Waals surface area contributed by atoms with Gasteiger partial charge in [-0.15, -0.1) is 10.2 Å². The number of hydrogen-bond donors (Lipinski definition) is 1. The first kappa shape index (κ1) is 7.48. The monoisotopic (exact) mass is 227 g/mol. The molecule has 0 aliphatic rings. The van der Waals surface area contributed by atoms with E-state index >= 15 is 0 Å². The Morgan fingerprint density at radius 3 is 3.00 bits per heavy atom. The average Bonchev–Trinajstić information content (AvgIpc) is 2.33. The average molecular weight is 228 g/mol. The summed E-state index contributed by atoms with van der Waals surface area (Å²) in [5.41, 5.74) is 6.20. The van der Waals surface area contributed by atoms with Crippen LogP contribution in [0.15, 0.2) is 10.8 Å². The lowest BCUT2D eigenvalue weighted by Gasteiger charge is -1.97. The Hall–Kier alpha value is -1.17. The maximum absolute atomic E-state index is 5.61. The molecule has 0 fully saturated rings. The maximum atomic E-state index is 5.61. The van der Waals surface area contributed by atoms with Gasteiger partial charge >= 0.3 is 0 Å². The first-order chi connectivity index (χ1) is 5.68. The van der Waals surface area contributed by atoms with Crippen molar-refractivity contribution in [1.29, 1.82) is 0 Å². The van der Waals surface area contributed by atoms with E-state index < -0.39 is 0 Å². The summed E-state index contributed by atoms with van der Waals surface area (Å²) in [7, 11) is 0. The zero-order valence-electron chi connectivity index (χ0n) is 6.32. The molecule has 0 bridgehead atoms. The Labute approximate surface area is 76.7 Å². The minimum atomic E-state index is 0.380. The number of aryl methyl sites for hydroxylation is 1. The van der Waals surface area contributed by atoms with E-state index in [1.807, 2.05) is 6.92 Å². The second kappa shape index (κ2) is 2.41. The summed E-state index contributed by atoms with van der Waals surface area (Å²) in [4.78, 5) is 3.99. The first-order valence-corrected chi connectivity index (χ1v) is 4.11. The van der Waals surface area contributed by atoms with Gasteiger partial charge in [0.25, 0.3) is 0 Å². The van der Waals surface area contributed by atoms with Gasteiger partial charge in [-0.05, 0) is 22.9 Å². The molecule has 0 amide bonds. The fraction of sp³-hybridized carbons (Fsp3) is 0.167. The Morgan fingerprint density at radius 2 is 2.25 bits per heavy atom. The van der Waals surface area contributed by atoms with Crippen LogP contribution in [-0.2, 0) is 0 Å². The van der Waals surface area contributed by atoms with Crippen molar-refractivity contribution in [2.45, 2.75) is 6.92 Å². The summed E-state index contributed by atoms with van der Waals surface area (Å²) < 4.78 is 2.46. The lowest BCUT2D eigenvalue weighted by Crippen LogP contribution is -1.97. The van der Waals surface area contributed by atoms with E-state index in [9.17, 15) is 0 Å². The van der Waals surface area contributed by atoms with Gasteiger partial charge in [0.2, 0.25) is 5.65 Å². The molecule has 2 aromatic heterocycles. The second-order valence-electron chi connectivity index (χ2n) is 2.39. The molecule has 0 saturated heterocycles. The normalized spacial score (nSPS) is 10.8. The second-order valence-corrected chi connectivity index (χ2v) is 3.20. The van der Waals surface area contributed by atoms with E-state index in [2.05, 4.69) is 31.1 Å². The molecule has 0 radical (unpaired) electrons. The first-order valence-electron chi connectivity index (χ1n) is 3.32. The Morgan fingerprint density at radius 1 is 1.50 bits per heavy atom. The number of nitrogens with two attached hydrogens (primary N) is 1. The number of nitrogen functional groups attached to an aromatic ring is 1. The zero-order valence-corrected chi connectivity index (χ0v) is 7.91. The number of fused-ring (bicyclic) bond motifs is 1. The largest absolute Gasteiger partial charge is 0.381 e. The summed E-state index contributed by atoms with van der Waals surface area (Å²) >= 11 is 3.23. The van der Waals surface area contributed by atoms with E-state index in [4.69, 9.17) is 5.73 Å². The van der Waals surface area contributed by atoms with E-state index in [1.165, 1.54) is 0 Å². The van der Waals surface area contributed by atoms with E-state index in [0.717, 1.165) is 5.82 Å². The van der Waals surface area contributed by atoms with Crippen molar-refractivity contribution in [3.05, 3.63) is 16.6 Å². The Bertz CT molecular complexity index is 435. The smallest absolute Gasteiger partial charge is 0.203 e. The lowest BCUT2D eigenvalue weighted by molar-refractivity contribution is 0.997. The fourth-order valence-corrected chi connectivity index (χ4v) is 1.39. The van der Waals surface area contributed by atoms with Crippen LogP contribution in [0.3, 0.4) is 0 Å². The lowest BCUT2D eigenvalue weighted by atomic mass is 10.6. The van der Waals surface area contributed by atoms with Gasteiger partial charge in [0, 0.05) is 6.20 Å². The fourth-order valence-electron chi connectivity index (χ4n) is 0.999. The van der Waals surface area contributed by atoms with Crippen LogP contribution in [0.1, 0.15) is 5.82 Å². The van der Waals surface area contributed by atoms with Crippen LogP contribution >= 0.6 is 15.9 Å². The van der Waals surface area contributed by atoms with Crippen LogP contribution in [0, 0.1) is 6.92 Å². The molecule has 2 rings (SSSR count). The van der Waals surface area contributed by atoms with Crippen molar-refractivity contribution in [2.75, 3.05) is 5.73 Å². The standard InChI is InChI=1S/C6H6BrN5/c1-3-10-11-6-5(8)9-4(7)2-12(3)6/h2H,1H3,(H2,8,9). The highest BCUT2D eigenvalue weighted by molar-refractivity contribution is 9.10. The Balaban J connectivity index is 2.92. The number of aromatic nitrogens is 4. The van der Waals surface area contributed by atoms with Crippen LogP contribution in [0.4, 0.5) is 5.82 Å². The number of rotatable bonds is 0. The van der Waals surface area contributed by atoms with Crippen LogP contribution in [-0.4, -0.2) is 19.6 Å². The third kappa shape index (κ3) is 0.953. The summed E-state index contributed by atoms with van der Waals surface area (Å²) in [6, 6.07) is 0. The van der Waals surface area contributed by atoms with Gasteiger partial charge in [-0.3, -0.25) is 4.40 Å². The van der Waals surface area contributed by atoms with Crippen molar-refractivity contribution in [3.63, 3.8) is 0 Å². The quantitative estimate of drug-likeness (QED) is 0.723. The third-order valence-corrected chi connectivity index (χ3v) is 1.94.